The van der Waals surface area contributed by atoms with E-state index in [4.69, 9.17) is 5.14 Å². The Balaban J connectivity index is 2.43. The Hall–Kier alpha value is -1.90. The fraction of sp³-hybridized carbons (Fsp3) is 0.500. The van der Waals surface area contributed by atoms with Crippen molar-refractivity contribution in [1.82, 2.24) is 5.32 Å². The molecule has 0 aliphatic rings. The van der Waals surface area contributed by atoms with Crippen molar-refractivity contribution in [2.75, 3.05) is 0 Å². The number of hydrogen-bond acceptors (Lipinski definition) is 5. The first-order chi connectivity index (χ1) is 12.2. The predicted molar refractivity (Wildman–Crippen MR) is 100 cm³/mol. The molecule has 0 saturated carbocycles. The Kier molecular flexibility index (Phi) is 9.32. The SMILES string of the molecule is CC(C)/C=C/CCCCC(=O)NCc1ccc(OS(N)(=O)=O)c(CO)c1. The number of unbranched alkanes of at least 4 members (excludes halogenated alkanes) is 2. The van der Waals surface area contributed by atoms with Gasteiger partial charge in [0.1, 0.15) is 5.75 Å². The molecule has 4 N–H and O–H groups in total. The van der Waals surface area contributed by atoms with E-state index < -0.39 is 16.9 Å². The lowest BCUT2D eigenvalue weighted by Gasteiger charge is -2.10. The largest absolute Gasteiger partial charge is 0.392 e. The van der Waals surface area contributed by atoms with Gasteiger partial charge < -0.3 is 14.6 Å². The standard InChI is InChI=1S/C18H28N2O5S/c1-14(2)7-5-3-4-6-8-18(22)20-12-15-9-10-17(16(11-15)13-21)25-26(19,23)24/h5,7,9-11,14,21H,3-4,6,8,12-13H2,1-2H3,(H,20,22)(H2,19,23,24)/b7-5+. The summed E-state index contributed by atoms with van der Waals surface area (Å²) in [6.07, 6.45) is 7.50. The maximum atomic E-state index is 11.9. The van der Waals surface area contributed by atoms with Crippen LogP contribution in [0.5, 0.6) is 5.75 Å². The zero-order chi connectivity index (χ0) is 19.6. The first-order valence-electron chi connectivity index (χ1n) is 8.59. The van der Waals surface area contributed by atoms with Crippen molar-refractivity contribution < 1.29 is 22.5 Å². The van der Waals surface area contributed by atoms with Crippen LogP contribution in [0.2, 0.25) is 0 Å². The van der Waals surface area contributed by atoms with E-state index in [1.54, 1.807) is 12.1 Å². The summed E-state index contributed by atoms with van der Waals surface area (Å²) in [6, 6.07) is 4.58. The van der Waals surface area contributed by atoms with Gasteiger partial charge in [0.25, 0.3) is 0 Å². The number of hydrogen-bond donors (Lipinski definition) is 3. The topological polar surface area (TPSA) is 119 Å². The van der Waals surface area contributed by atoms with Crippen molar-refractivity contribution in [2.24, 2.45) is 11.1 Å². The van der Waals surface area contributed by atoms with Gasteiger partial charge in [-0.25, -0.2) is 0 Å². The van der Waals surface area contributed by atoms with E-state index in [0.717, 1.165) is 24.8 Å². The van der Waals surface area contributed by atoms with Crippen LogP contribution in [0.4, 0.5) is 0 Å². The van der Waals surface area contributed by atoms with Crippen molar-refractivity contribution in [2.45, 2.75) is 52.7 Å². The number of rotatable bonds is 11. The van der Waals surface area contributed by atoms with Crippen molar-refractivity contribution in [3.05, 3.63) is 41.5 Å². The quantitative estimate of drug-likeness (QED) is 0.399. The summed E-state index contributed by atoms with van der Waals surface area (Å²) < 4.78 is 26.6. The molecule has 0 radical (unpaired) electrons. The number of nitrogens with one attached hydrogen (secondary N) is 1. The molecule has 0 bridgehead atoms. The fourth-order valence-electron chi connectivity index (χ4n) is 2.28. The number of aliphatic hydroxyl groups excluding tert-OH is 1. The van der Waals surface area contributed by atoms with Gasteiger partial charge in [0.2, 0.25) is 5.91 Å². The second kappa shape index (κ2) is 10.9. The van der Waals surface area contributed by atoms with Crippen LogP contribution in [0.1, 0.15) is 50.7 Å². The van der Waals surface area contributed by atoms with Crippen LogP contribution in [0.25, 0.3) is 0 Å². The summed E-state index contributed by atoms with van der Waals surface area (Å²) in [4.78, 5) is 11.9. The van der Waals surface area contributed by atoms with Gasteiger partial charge in [-0.15, -0.1) is 0 Å². The van der Waals surface area contributed by atoms with Crippen LogP contribution < -0.4 is 14.6 Å². The molecule has 146 valence electrons. The van der Waals surface area contributed by atoms with E-state index >= 15 is 0 Å². The van der Waals surface area contributed by atoms with E-state index in [2.05, 4.69) is 35.5 Å². The van der Waals surface area contributed by atoms with Gasteiger partial charge in [-0.3, -0.25) is 4.79 Å². The normalized spacial score (nSPS) is 11.9. The lowest BCUT2D eigenvalue weighted by atomic mass is 10.1. The van der Waals surface area contributed by atoms with Gasteiger partial charge in [0.05, 0.1) is 6.61 Å². The molecule has 8 heteroatoms. The Labute approximate surface area is 155 Å². The smallest absolute Gasteiger partial charge is 0.380 e. The van der Waals surface area contributed by atoms with Crippen molar-refractivity contribution in [3.8, 4) is 5.75 Å². The van der Waals surface area contributed by atoms with E-state index in [1.807, 2.05) is 0 Å². The molecule has 0 fully saturated rings. The summed E-state index contributed by atoms with van der Waals surface area (Å²) in [5, 5.41) is 17.0. The predicted octanol–water partition coefficient (Wildman–Crippen LogP) is 2.15. The molecule has 1 amide bonds. The molecule has 0 saturated heterocycles. The Morgan fingerprint density at radius 1 is 1.35 bits per heavy atom. The number of carbonyl (C=O) groups excluding carboxylic acids is 1. The Morgan fingerprint density at radius 3 is 2.69 bits per heavy atom. The highest BCUT2D eigenvalue weighted by Gasteiger charge is 2.11. The first-order valence-corrected chi connectivity index (χ1v) is 10.1. The molecule has 7 nitrogen and oxygen atoms in total. The molecule has 0 atom stereocenters. The third kappa shape index (κ3) is 9.55. The van der Waals surface area contributed by atoms with Crippen LogP contribution in [0.3, 0.4) is 0 Å². The highest BCUT2D eigenvalue weighted by molar-refractivity contribution is 7.84. The molecule has 0 spiro atoms. The van der Waals surface area contributed by atoms with Crippen molar-refractivity contribution in [1.29, 1.82) is 0 Å². The van der Waals surface area contributed by atoms with Crippen LogP contribution >= 0.6 is 0 Å². The molecule has 0 aromatic heterocycles. The van der Waals surface area contributed by atoms with Crippen LogP contribution in [-0.4, -0.2) is 19.4 Å². The minimum atomic E-state index is -4.16. The first kappa shape index (κ1) is 22.1. The van der Waals surface area contributed by atoms with Gasteiger partial charge in [-0.1, -0.05) is 32.1 Å². The van der Waals surface area contributed by atoms with E-state index in [1.165, 1.54) is 6.07 Å². The van der Waals surface area contributed by atoms with Crippen molar-refractivity contribution in [3.63, 3.8) is 0 Å². The molecule has 1 aromatic carbocycles. The number of amides is 1. The molecular weight excluding hydrogens is 356 g/mol. The van der Waals surface area contributed by atoms with Gasteiger partial charge in [0, 0.05) is 18.5 Å². The molecule has 0 heterocycles. The average molecular weight is 384 g/mol. The average Bonchev–Trinajstić information content (AvgIpc) is 2.55. The number of carbonyl (C=O) groups is 1. The third-order valence-corrected chi connectivity index (χ3v) is 3.95. The number of nitrogens with two attached hydrogens (primary N) is 1. The summed E-state index contributed by atoms with van der Waals surface area (Å²) >= 11 is 0. The van der Waals surface area contributed by atoms with Crippen molar-refractivity contribution >= 4 is 16.2 Å². The lowest BCUT2D eigenvalue weighted by Crippen LogP contribution is -2.22. The molecule has 0 unspecified atom stereocenters. The maximum absolute atomic E-state index is 11.9. The van der Waals surface area contributed by atoms with E-state index in [9.17, 15) is 18.3 Å². The summed E-state index contributed by atoms with van der Waals surface area (Å²) in [5.41, 5.74) is 1.01. The summed E-state index contributed by atoms with van der Waals surface area (Å²) in [7, 11) is -4.16. The van der Waals surface area contributed by atoms with E-state index in [-0.39, 0.29) is 23.8 Å². The highest BCUT2D eigenvalue weighted by atomic mass is 32.2. The molecule has 1 rings (SSSR count). The van der Waals surface area contributed by atoms with Gasteiger partial charge in [-0.2, -0.15) is 13.6 Å². The summed E-state index contributed by atoms with van der Waals surface area (Å²) in [6.45, 7) is 4.13. The maximum Gasteiger partial charge on any atom is 0.380 e. The fourth-order valence-corrected chi connectivity index (χ4v) is 2.69. The Morgan fingerprint density at radius 2 is 2.08 bits per heavy atom. The molecule has 0 aliphatic carbocycles. The second-order valence-electron chi connectivity index (χ2n) is 6.37. The van der Waals surface area contributed by atoms with Crippen LogP contribution in [0, 0.1) is 5.92 Å². The van der Waals surface area contributed by atoms with E-state index in [0.29, 0.717) is 12.3 Å². The van der Waals surface area contributed by atoms with Gasteiger partial charge >= 0.3 is 10.3 Å². The third-order valence-electron chi connectivity index (χ3n) is 3.54. The zero-order valence-corrected chi connectivity index (χ0v) is 16.1. The minimum Gasteiger partial charge on any atom is -0.392 e. The van der Waals surface area contributed by atoms with Gasteiger partial charge in [0.15, 0.2) is 0 Å². The second-order valence-corrected chi connectivity index (χ2v) is 7.52. The Bertz CT molecular complexity index is 714. The summed E-state index contributed by atoms with van der Waals surface area (Å²) in [5.74, 6) is 0.469. The number of aliphatic hydroxyl groups is 1. The van der Waals surface area contributed by atoms with Gasteiger partial charge in [-0.05, 0) is 42.9 Å². The number of allylic oxidation sites excluding steroid dienone is 2. The molecule has 26 heavy (non-hydrogen) atoms. The number of benzene rings is 1. The minimum absolute atomic E-state index is 0.0282. The molecule has 1 aromatic rings. The molecule has 0 aliphatic heterocycles. The van der Waals surface area contributed by atoms with Crippen LogP contribution in [0.15, 0.2) is 30.4 Å². The monoisotopic (exact) mass is 384 g/mol. The zero-order valence-electron chi connectivity index (χ0n) is 15.3. The van der Waals surface area contributed by atoms with Crippen LogP contribution in [-0.2, 0) is 28.3 Å². The lowest BCUT2D eigenvalue weighted by molar-refractivity contribution is -0.121. The highest BCUT2D eigenvalue weighted by Crippen LogP contribution is 2.21. The molecular formula is C18H28N2O5S.